The molecule has 0 heterocycles. The summed E-state index contributed by atoms with van der Waals surface area (Å²) < 4.78 is 30.9. The van der Waals surface area contributed by atoms with Gasteiger partial charge in [0, 0.05) is 6.42 Å². The summed E-state index contributed by atoms with van der Waals surface area (Å²) in [5.41, 5.74) is -0.189. The molecule has 22 heavy (non-hydrogen) atoms. The van der Waals surface area contributed by atoms with E-state index in [1.807, 2.05) is 0 Å². The Balaban J connectivity index is 1.39. The molecule has 0 amide bonds. The van der Waals surface area contributed by atoms with Crippen LogP contribution in [0.15, 0.2) is 0 Å². The highest BCUT2D eigenvalue weighted by Crippen LogP contribution is 2.60. The van der Waals surface area contributed by atoms with Crippen molar-refractivity contribution in [1.82, 2.24) is 0 Å². The Morgan fingerprint density at radius 3 is 2.09 bits per heavy atom. The van der Waals surface area contributed by atoms with Crippen LogP contribution >= 0.6 is 0 Å². The van der Waals surface area contributed by atoms with E-state index in [0.717, 1.165) is 43.9 Å². The Bertz CT molecular complexity index is 379. The minimum Gasteiger partial charge on any atom is -0.465 e. The normalized spacial score (nSPS) is 36.6. The van der Waals surface area contributed by atoms with Gasteiger partial charge in [-0.2, -0.15) is 0 Å². The van der Waals surface area contributed by atoms with Gasteiger partial charge in [-0.15, -0.1) is 0 Å². The number of rotatable bonds is 7. The lowest BCUT2D eigenvalue weighted by Crippen LogP contribution is -2.50. The van der Waals surface area contributed by atoms with E-state index in [1.165, 1.54) is 19.3 Å². The number of halogens is 2. The summed E-state index contributed by atoms with van der Waals surface area (Å²) in [6, 6.07) is 0. The summed E-state index contributed by atoms with van der Waals surface area (Å²) in [4.78, 5) is 12.5. The average molecular weight is 314 g/mol. The second-order valence-electron chi connectivity index (χ2n) is 8.21. The fourth-order valence-corrected chi connectivity index (χ4v) is 5.39. The fourth-order valence-electron chi connectivity index (χ4n) is 5.39. The highest BCUT2D eigenvalue weighted by molar-refractivity contribution is 5.77. The number of esters is 1. The molecular weight excluding hydrogens is 286 g/mol. The van der Waals surface area contributed by atoms with Gasteiger partial charge in [0.25, 0.3) is 0 Å². The van der Waals surface area contributed by atoms with E-state index in [9.17, 15) is 13.6 Å². The topological polar surface area (TPSA) is 26.3 Å². The van der Waals surface area contributed by atoms with Gasteiger partial charge < -0.3 is 4.74 Å². The van der Waals surface area contributed by atoms with Crippen LogP contribution in [0.4, 0.5) is 8.78 Å². The number of carbonyl (C=O) groups excluding carboxylic acids is 1. The van der Waals surface area contributed by atoms with Gasteiger partial charge in [0.15, 0.2) is 0 Å². The highest BCUT2D eigenvalue weighted by atomic mass is 19.3. The molecule has 4 heteroatoms. The minimum atomic E-state index is -2.57. The van der Waals surface area contributed by atoms with Gasteiger partial charge in [-0.05, 0) is 82.5 Å². The van der Waals surface area contributed by atoms with Gasteiger partial charge in [0.1, 0.15) is 0 Å². The van der Waals surface area contributed by atoms with E-state index in [1.54, 1.807) is 0 Å². The minimum absolute atomic E-state index is 0.00687. The number of ether oxygens (including phenoxy) is 1. The molecule has 0 aromatic heterocycles. The van der Waals surface area contributed by atoms with Crippen molar-refractivity contribution >= 4 is 5.97 Å². The average Bonchev–Trinajstić information content (AvgIpc) is 2.39. The number of alkyl halides is 2. The van der Waals surface area contributed by atoms with Crippen LogP contribution in [0.5, 0.6) is 0 Å². The summed E-state index contributed by atoms with van der Waals surface area (Å²) in [6.45, 7) is 1.36. The second-order valence-corrected chi connectivity index (χ2v) is 8.21. The SMILES string of the molecule is CC(F)(F)CCCCCOC(=O)C12CC3CC(CC(C3)C1)C2. The molecule has 0 atom stereocenters. The number of carbonyl (C=O) groups is 1. The Hall–Kier alpha value is -0.670. The van der Waals surface area contributed by atoms with Crippen molar-refractivity contribution in [2.75, 3.05) is 6.61 Å². The molecule has 0 radical (unpaired) electrons. The molecule has 2 nitrogen and oxygen atoms in total. The van der Waals surface area contributed by atoms with Crippen molar-refractivity contribution < 1.29 is 18.3 Å². The molecule has 0 unspecified atom stereocenters. The summed E-state index contributed by atoms with van der Waals surface area (Å²) in [7, 11) is 0. The van der Waals surface area contributed by atoms with E-state index >= 15 is 0 Å². The first-order valence-electron chi connectivity index (χ1n) is 8.91. The molecule has 0 N–H and O–H groups in total. The first-order chi connectivity index (χ1) is 10.4. The molecule has 0 aromatic rings. The molecule has 4 bridgehead atoms. The standard InChI is InChI=1S/C18H28F2O2/c1-17(19,20)5-3-2-4-6-22-16(21)18-10-13-7-14(11-18)9-15(8-13)12-18/h13-15H,2-12H2,1H3. The zero-order valence-electron chi connectivity index (χ0n) is 13.6. The Morgan fingerprint density at radius 1 is 1.05 bits per heavy atom. The van der Waals surface area contributed by atoms with Crippen LogP contribution in [0.2, 0.25) is 0 Å². The second kappa shape index (κ2) is 6.09. The smallest absolute Gasteiger partial charge is 0.312 e. The first-order valence-corrected chi connectivity index (χ1v) is 8.91. The summed E-state index contributed by atoms with van der Waals surface area (Å²) in [6.07, 6.45) is 8.87. The predicted octanol–water partition coefficient (Wildman–Crippen LogP) is 4.96. The molecule has 4 aliphatic rings. The number of unbranched alkanes of at least 4 members (excludes halogenated alkanes) is 2. The molecule has 0 aromatic carbocycles. The van der Waals surface area contributed by atoms with Crippen LogP contribution in [0, 0.1) is 23.2 Å². The van der Waals surface area contributed by atoms with Crippen molar-refractivity contribution in [1.29, 1.82) is 0 Å². The van der Waals surface area contributed by atoms with Crippen LogP contribution in [-0.4, -0.2) is 18.5 Å². The Kier molecular flexibility index (Phi) is 4.48. The molecule has 126 valence electrons. The van der Waals surface area contributed by atoms with Crippen LogP contribution < -0.4 is 0 Å². The van der Waals surface area contributed by atoms with Crippen molar-refractivity contribution in [2.24, 2.45) is 23.2 Å². The maximum absolute atomic E-state index is 12.7. The highest BCUT2D eigenvalue weighted by Gasteiger charge is 2.55. The lowest BCUT2D eigenvalue weighted by molar-refractivity contribution is -0.171. The third-order valence-electron chi connectivity index (χ3n) is 5.96. The Labute approximate surface area is 132 Å². The van der Waals surface area contributed by atoms with Gasteiger partial charge in [-0.1, -0.05) is 0 Å². The number of hydrogen-bond donors (Lipinski definition) is 0. The van der Waals surface area contributed by atoms with Gasteiger partial charge in [-0.3, -0.25) is 4.79 Å². The van der Waals surface area contributed by atoms with Gasteiger partial charge in [-0.25, -0.2) is 8.78 Å². The van der Waals surface area contributed by atoms with E-state index in [-0.39, 0.29) is 17.8 Å². The van der Waals surface area contributed by atoms with Crippen molar-refractivity contribution in [3.63, 3.8) is 0 Å². The molecule has 0 aliphatic heterocycles. The lowest BCUT2D eigenvalue weighted by atomic mass is 9.49. The zero-order chi connectivity index (χ0) is 15.8. The molecule has 4 fully saturated rings. The van der Waals surface area contributed by atoms with Crippen LogP contribution in [0.3, 0.4) is 0 Å². The maximum atomic E-state index is 12.7. The van der Waals surface area contributed by atoms with E-state index in [0.29, 0.717) is 25.9 Å². The van der Waals surface area contributed by atoms with Crippen molar-refractivity contribution in [3.05, 3.63) is 0 Å². The quantitative estimate of drug-likeness (QED) is 0.490. The van der Waals surface area contributed by atoms with Gasteiger partial charge in [0.05, 0.1) is 12.0 Å². The van der Waals surface area contributed by atoms with Crippen LogP contribution in [-0.2, 0) is 9.53 Å². The van der Waals surface area contributed by atoms with Crippen LogP contribution in [0.1, 0.15) is 71.1 Å². The van der Waals surface area contributed by atoms with Crippen molar-refractivity contribution in [2.45, 2.75) is 77.1 Å². The molecular formula is C18H28F2O2. The third-order valence-corrected chi connectivity index (χ3v) is 5.96. The van der Waals surface area contributed by atoms with E-state index < -0.39 is 5.92 Å². The predicted molar refractivity (Wildman–Crippen MR) is 80.7 cm³/mol. The third kappa shape index (κ3) is 3.62. The van der Waals surface area contributed by atoms with Crippen LogP contribution in [0.25, 0.3) is 0 Å². The van der Waals surface area contributed by atoms with E-state index in [2.05, 4.69) is 0 Å². The van der Waals surface area contributed by atoms with Gasteiger partial charge in [0.2, 0.25) is 5.92 Å². The fraction of sp³-hybridized carbons (Fsp3) is 0.944. The molecule has 4 saturated carbocycles. The largest absolute Gasteiger partial charge is 0.465 e. The summed E-state index contributed by atoms with van der Waals surface area (Å²) >= 11 is 0. The van der Waals surface area contributed by atoms with Crippen molar-refractivity contribution in [3.8, 4) is 0 Å². The van der Waals surface area contributed by atoms with Gasteiger partial charge >= 0.3 is 5.97 Å². The molecule has 0 spiro atoms. The zero-order valence-corrected chi connectivity index (χ0v) is 13.6. The monoisotopic (exact) mass is 314 g/mol. The summed E-state index contributed by atoms with van der Waals surface area (Å²) in [5, 5.41) is 0. The Morgan fingerprint density at radius 2 is 1.59 bits per heavy atom. The molecule has 4 rings (SSSR count). The number of hydrogen-bond acceptors (Lipinski definition) is 2. The molecule has 0 saturated heterocycles. The summed E-state index contributed by atoms with van der Waals surface area (Å²) in [5.74, 6) is -0.343. The maximum Gasteiger partial charge on any atom is 0.312 e. The lowest BCUT2D eigenvalue weighted by Gasteiger charge is -2.55. The first kappa shape index (κ1) is 16.2. The van der Waals surface area contributed by atoms with E-state index in [4.69, 9.17) is 4.74 Å². The molecule has 4 aliphatic carbocycles.